The fourth-order valence-electron chi connectivity index (χ4n) is 0.606. The van der Waals surface area contributed by atoms with Crippen LogP contribution in [-0.4, -0.2) is 23.1 Å². The van der Waals surface area contributed by atoms with Crippen LogP contribution in [-0.2, 0) is 19.1 Å². The largest absolute Gasteiger partial charge is 0.438 e. The summed E-state index contributed by atoms with van der Waals surface area (Å²) in [5.74, 6) is 2.10. The molecule has 86 valence electrons. The Morgan fingerprint density at radius 3 is 1.31 bits per heavy atom. The van der Waals surface area contributed by atoms with Crippen molar-refractivity contribution in [1.29, 1.82) is 0 Å². The lowest BCUT2D eigenvalue weighted by Crippen LogP contribution is -2.35. The molecule has 0 aliphatic rings. The van der Waals surface area contributed by atoms with Gasteiger partial charge in [-0.2, -0.15) is 0 Å². The van der Waals surface area contributed by atoms with Crippen molar-refractivity contribution in [2.24, 2.45) is 0 Å². The van der Waals surface area contributed by atoms with Crippen LogP contribution in [0.1, 0.15) is 27.7 Å². The van der Waals surface area contributed by atoms with E-state index in [0.29, 0.717) is 0 Å². The van der Waals surface area contributed by atoms with Gasteiger partial charge in [0.25, 0.3) is 0 Å². The maximum atomic E-state index is 11.3. The predicted molar refractivity (Wildman–Crippen MR) is 58.0 cm³/mol. The van der Waals surface area contributed by atoms with E-state index in [9.17, 15) is 9.59 Å². The Hall–Kier alpha value is -1.94. The predicted octanol–water partition coefficient (Wildman–Crippen LogP) is 0.896. The highest BCUT2D eigenvalue weighted by atomic mass is 16.6. The molecule has 0 aliphatic carbocycles. The summed E-state index contributed by atoms with van der Waals surface area (Å²) >= 11 is 0. The highest BCUT2D eigenvalue weighted by molar-refractivity contribution is 6.30. The van der Waals surface area contributed by atoms with Crippen molar-refractivity contribution < 1.29 is 19.1 Å². The van der Waals surface area contributed by atoms with Gasteiger partial charge in [0.15, 0.2) is 11.2 Å². The Bertz CT molecular complexity index is 339. The fourth-order valence-corrected chi connectivity index (χ4v) is 0.606. The molecule has 0 saturated carbocycles. The molecule has 4 heteroatoms. The van der Waals surface area contributed by atoms with E-state index < -0.39 is 23.1 Å². The zero-order valence-corrected chi connectivity index (χ0v) is 9.79. The topological polar surface area (TPSA) is 52.6 Å². The molecule has 0 atom stereocenters. The summed E-state index contributed by atoms with van der Waals surface area (Å²) in [7, 11) is 0. The molecule has 0 aromatic rings. The van der Waals surface area contributed by atoms with Crippen LogP contribution in [0, 0.1) is 24.7 Å². The van der Waals surface area contributed by atoms with Crippen LogP contribution in [0.3, 0.4) is 0 Å². The van der Waals surface area contributed by atoms with Gasteiger partial charge in [-0.15, -0.1) is 12.8 Å². The molecule has 4 nitrogen and oxygen atoms in total. The molecular formula is C12H14O4. The molecule has 0 aromatic carbocycles. The van der Waals surface area contributed by atoms with Crippen LogP contribution in [0.2, 0.25) is 0 Å². The van der Waals surface area contributed by atoms with Crippen molar-refractivity contribution in [3.05, 3.63) is 0 Å². The average molecular weight is 222 g/mol. The van der Waals surface area contributed by atoms with Crippen molar-refractivity contribution in [2.75, 3.05) is 0 Å². The van der Waals surface area contributed by atoms with Crippen LogP contribution >= 0.6 is 0 Å². The Labute approximate surface area is 95.3 Å². The van der Waals surface area contributed by atoms with Crippen molar-refractivity contribution in [3.63, 3.8) is 0 Å². The molecule has 0 N–H and O–H groups in total. The lowest BCUT2D eigenvalue weighted by atomic mass is 10.1. The SMILES string of the molecule is C#CC(C)(C)OC(=O)C(=O)OC(C)(C)C#C. The van der Waals surface area contributed by atoms with E-state index in [1.165, 1.54) is 27.7 Å². The Morgan fingerprint density at radius 1 is 0.875 bits per heavy atom. The summed E-state index contributed by atoms with van der Waals surface area (Å²) in [4.78, 5) is 22.5. The number of carbonyl (C=O) groups excluding carboxylic acids is 2. The van der Waals surface area contributed by atoms with Crippen molar-refractivity contribution in [2.45, 2.75) is 38.9 Å². The summed E-state index contributed by atoms with van der Waals surface area (Å²) in [5, 5.41) is 0. The number of carbonyl (C=O) groups is 2. The van der Waals surface area contributed by atoms with E-state index in [-0.39, 0.29) is 0 Å². The van der Waals surface area contributed by atoms with Crippen LogP contribution in [0.15, 0.2) is 0 Å². The number of rotatable bonds is 2. The van der Waals surface area contributed by atoms with E-state index in [2.05, 4.69) is 11.8 Å². The molecule has 0 radical (unpaired) electrons. The second kappa shape index (κ2) is 4.72. The second-order valence-electron chi connectivity index (χ2n) is 4.09. The molecule has 0 fully saturated rings. The van der Waals surface area contributed by atoms with Gasteiger partial charge in [-0.05, 0) is 27.7 Å². The summed E-state index contributed by atoms with van der Waals surface area (Å²) in [6.45, 7) is 5.91. The zero-order valence-electron chi connectivity index (χ0n) is 9.79. The Morgan fingerprint density at radius 2 is 1.12 bits per heavy atom. The third-order valence-corrected chi connectivity index (χ3v) is 1.56. The summed E-state index contributed by atoms with van der Waals surface area (Å²) < 4.78 is 9.44. The minimum Gasteiger partial charge on any atom is -0.438 e. The second-order valence-corrected chi connectivity index (χ2v) is 4.09. The Balaban J connectivity index is 4.52. The smallest absolute Gasteiger partial charge is 0.419 e. The molecule has 0 saturated heterocycles. The lowest BCUT2D eigenvalue weighted by molar-refractivity contribution is -0.177. The average Bonchev–Trinajstić information content (AvgIpc) is 2.16. The first kappa shape index (κ1) is 14.1. The van der Waals surface area contributed by atoms with Gasteiger partial charge in [0.05, 0.1) is 0 Å². The third-order valence-electron chi connectivity index (χ3n) is 1.56. The summed E-state index contributed by atoms with van der Waals surface area (Å²) in [6, 6.07) is 0. The molecule has 0 aliphatic heterocycles. The molecule has 0 bridgehead atoms. The minimum absolute atomic E-state index is 1.16. The van der Waals surface area contributed by atoms with Crippen LogP contribution in [0.5, 0.6) is 0 Å². The van der Waals surface area contributed by atoms with Crippen molar-refractivity contribution >= 4 is 11.9 Å². The van der Waals surface area contributed by atoms with Crippen LogP contribution in [0.25, 0.3) is 0 Å². The van der Waals surface area contributed by atoms with Crippen LogP contribution < -0.4 is 0 Å². The first-order chi connectivity index (χ1) is 7.13. The monoisotopic (exact) mass is 222 g/mol. The Kier molecular flexibility index (Phi) is 4.15. The quantitative estimate of drug-likeness (QED) is 0.395. The first-order valence-electron chi connectivity index (χ1n) is 4.55. The van der Waals surface area contributed by atoms with Gasteiger partial charge < -0.3 is 9.47 Å². The maximum absolute atomic E-state index is 11.3. The van der Waals surface area contributed by atoms with Gasteiger partial charge in [-0.1, -0.05) is 11.8 Å². The first-order valence-corrected chi connectivity index (χ1v) is 4.55. The molecule has 0 amide bonds. The van der Waals surface area contributed by atoms with Gasteiger partial charge >= 0.3 is 11.9 Å². The van der Waals surface area contributed by atoms with Gasteiger partial charge in [-0.25, -0.2) is 9.59 Å². The molecule has 0 spiro atoms. The van der Waals surface area contributed by atoms with Gasteiger partial charge in [0.2, 0.25) is 0 Å². The molecular weight excluding hydrogens is 208 g/mol. The van der Waals surface area contributed by atoms with Crippen molar-refractivity contribution in [1.82, 2.24) is 0 Å². The normalized spacial score (nSPS) is 10.9. The standard InChI is InChI=1S/C12H14O4/c1-7-11(3,4)15-9(13)10(14)16-12(5,6)8-2/h1-2H,3-6H3. The number of esters is 2. The van der Waals surface area contributed by atoms with Crippen molar-refractivity contribution in [3.8, 4) is 24.7 Å². The highest BCUT2D eigenvalue weighted by Gasteiger charge is 2.30. The molecule has 0 heterocycles. The summed E-state index contributed by atoms with van der Waals surface area (Å²) in [6.07, 6.45) is 10.2. The third kappa shape index (κ3) is 4.52. The molecule has 0 aromatic heterocycles. The number of ether oxygens (including phenoxy) is 2. The number of terminal acetylenes is 2. The molecule has 0 unspecified atom stereocenters. The maximum Gasteiger partial charge on any atom is 0.419 e. The highest BCUT2D eigenvalue weighted by Crippen LogP contribution is 2.11. The molecule has 16 heavy (non-hydrogen) atoms. The van der Waals surface area contributed by atoms with Gasteiger partial charge in [0.1, 0.15) is 0 Å². The minimum atomic E-state index is -1.16. The van der Waals surface area contributed by atoms with E-state index in [1.54, 1.807) is 0 Å². The van der Waals surface area contributed by atoms with E-state index in [1.807, 2.05) is 0 Å². The van der Waals surface area contributed by atoms with E-state index in [0.717, 1.165) is 0 Å². The van der Waals surface area contributed by atoms with Gasteiger partial charge in [-0.3, -0.25) is 0 Å². The molecule has 0 rings (SSSR count). The fraction of sp³-hybridized carbons (Fsp3) is 0.500. The van der Waals surface area contributed by atoms with E-state index in [4.69, 9.17) is 22.3 Å². The number of hydrogen-bond acceptors (Lipinski definition) is 4. The van der Waals surface area contributed by atoms with Gasteiger partial charge in [0, 0.05) is 0 Å². The van der Waals surface area contributed by atoms with Crippen LogP contribution in [0.4, 0.5) is 0 Å². The lowest BCUT2D eigenvalue weighted by Gasteiger charge is -2.21. The van der Waals surface area contributed by atoms with E-state index >= 15 is 0 Å². The zero-order chi connectivity index (χ0) is 13.0. The number of hydrogen-bond donors (Lipinski definition) is 0. The summed E-state index contributed by atoms with van der Waals surface area (Å²) in [5.41, 5.74) is -2.31.